The van der Waals surface area contributed by atoms with Gasteiger partial charge in [-0.2, -0.15) is 4.31 Å². The van der Waals surface area contributed by atoms with Gasteiger partial charge in [0.25, 0.3) is 5.56 Å². The number of ether oxygens (including phenoxy) is 1. The van der Waals surface area contributed by atoms with Crippen molar-refractivity contribution in [3.8, 4) is 5.75 Å². The maximum Gasteiger partial charge on any atom is 0.252 e. The molecule has 0 unspecified atom stereocenters. The molecule has 0 atom stereocenters. The number of aromatic amines is 1. The fraction of sp³-hybridized carbons (Fsp3) is 0.250. The molecule has 3 rings (SSSR count). The fourth-order valence-corrected chi connectivity index (χ4v) is 4.46. The highest BCUT2D eigenvalue weighted by molar-refractivity contribution is 7.89. The summed E-state index contributed by atoms with van der Waals surface area (Å²) in [4.78, 5) is 14.7. The molecule has 2 aromatic carbocycles. The van der Waals surface area contributed by atoms with Crippen LogP contribution in [0.25, 0.3) is 10.9 Å². The number of pyridine rings is 1. The molecule has 154 valence electrons. The van der Waals surface area contributed by atoms with Gasteiger partial charge >= 0.3 is 0 Å². The van der Waals surface area contributed by atoms with Crippen molar-refractivity contribution in [3.63, 3.8) is 0 Å². The Labute approximate surface area is 167 Å². The number of hydrogen-bond acceptors (Lipinski definition) is 5. The molecule has 0 spiro atoms. The number of fused-ring (bicyclic) bond motifs is 1. The summed E-state index contributed by atoms with van der Waals surface area (Å²) in [5.74, 6) is -0.284. The second-order valence-corrected chi connectivity index (χ2v) is 8.20. The van der Waals surface area contributed by atoms with Gasteiger partial charge in [0.05, 0.1) is 13.2 Å². The first-order valence-electron chi connectivity index (χ1n) is 9.01. The number of halogens is 1. The SMILES string of the molecule is CCOc1ccc2[nH]c(=O)c(CN(CCO)S(=O)(=O)c3ccccc3F)cc2c1. The summed E-state index contributed by atoms with van der Waals surface area (Å²) in [5.41, 5.74) is 0.278. The van der Waals surface area contributed by atoms with Crippen LogP contribution in [0.1, 0.15) is 12.5 Å². The van der Waals surface area contributed by atoms with E-state index in [4.69, 9.17) is 4.74 Å². The van der Waals surface area contributed by atoms with Gasteiger partial charge in [-0.1, -0.05) is 12.1 Å². The molecule has 0 saturated heterocycles. The van der Waals surface area contributed by atoms with E-state index in [1.807, 2.05) is 6.92 Å². The number of nitrogens with one attached hydrogen (secondary N) is 1. The lowest BCUT2D eigenvalue weighted by atomic mass is 10.1. The highest BCUT2D eigenvalue weighted by atomic mass is 32.2. The van der Waals surface area contributed by atoms with Crippen molar-refractivity contribution in [2.45, 2.75) is 18.4 Å². The number of hydrogen-bond donors (Lipinski definition) is 2. The van der Waals surface area contributed by atoms with Crippen LogP contribution in [0.15, 0.2) is 58.2 Å². The van der Waals surface area contributed by atoms with Gasteiger partial charge in [0.1, 0.15) is 16.5 Å². The molecule has 0 fully saturated rings. The predicted molar refractivity (Wildman–Crippen MR) is 107 cm³/mol. The van der Waals surface area contributed by atoms with E-state index < -0.39 is 32.9 Å². The molecule has 0 saturated carbocycles. The van der Waals surface area contributed by atoms with Crippen molar-refractivity contribution in [1.29, 1.82) is 0 Å². The van der Waals surface area contributed by atoms with Gasteiger partial charge in [-0.15, -0.1) is 0 Å². The molecule has 1 heterocycles. The van der Waals surface area contributed by atoms with Gasteiger partial charge in [-0.25, -0.2) is 12.8 Å². The van der Waals surface area contributed by atoms with Crippen LogP contribution in [0.3, 0.4) is 0 Å². The Kier molecular flexibility index (Phi) is 6.31. The molecule has 0 radical (unpaired) electrons. The molecule has 0 amide bonds. The van der Waals surface area contributed by atoms with E-state index in [-0.39, 0.29) is 18.7 Å². The Morgan fingerprint density at radius 2 is 1.93 bits per heavy atom. The smallest absolute Gasteiger partial charge is 0.252 e. The first kappa shape index (κ1) is 21.0. The molecule has 0 bridgehead atoms. The number of sulfonamides is 1. The van der Waals surface area contributed by atoms with Gasteiger partial charge in [-0.3, -0.25) is 4.79 Å². The molecule has 9 heteroatoms. The van der Waals surface area contributed by atoms with Crippen LogP contribution in [0.5, 0.6) is 5.75 Å². The molecule has 3 aromatic rings. The van der Waals surface area contributed by atoms with Gasteiger partial charge in [0.2, 0.25) is 10.0 Å². The maximum atomic E-state index is 14.1. The van der Waals surface area contributed by atoms with Crippen LogP contribution in [-0.2, 0) is 16.6 Å². The van der Waals surface area contributed by atoms with Crippen LogP contribution in [0.4, 0.5) is 4.39 Å². The Bertz CT molecular complexity index is 1180. The summed E-state index contributed by atoms with van der Waals surface area (Å²) in [6, 6.07) is 11.7. The second-order valence-electron chi connectivity index (χ2n) is 6.30. The molecule has 29 heavy (non-hydrogen) atoms. The van der Waals surface area contributed by atoms with Crippen LogP contribution >= 0.6 is 0 Å². The maximum absolute atomic E-state index is 14.1. The third-order valence-corrected chi connectivity index (χ3v) is 6.23. The Hall–Kier alpha value is -2.75. The largest absolute Gasteiger partial charge is 0.494 e. The zero-order chi connectivity index (χ0) is 21.0. The lowest BCUT2D eigenvalue weighted by Gasteiger charge is -2.21. The summed E-state index contributed by atoms with van der Waals surface area (Å²) in [6.45, 7) is 1.25. The molecule has 2 N–H and O–H groups in total. The third-order valence-electron chi connectivity index (χ3n) is 4.35. The minimum atomic E-state index is -4.26. The average Bonchev–Trinajstić information content (AvgIpc) is 2.68. The second kappa shape index (κ2) is 8.73. The number of nitrogens with zero attached hydrogens (tertiary/aromatic N) is 1. The van der Waals surface area contributed by atoms with E-state index in [9.17, 15) is 22.7 Å². The van der Waals surface area contributed by atoms with Crippen LogP contribution in [0, 0.1) is 5.82 Å². The van der Waals surface area contributed by atoms with Crippen LogP contribution < -0.4 is 10.3 Å². The van der Waals surface area contributed by atoms with Gasteiger partial charge in [0, 0.05) is 29.6 Å². The summed E-state index contributed by atoms with van der Waals surface area (Å²) in [6.07, 6.45) is 0. The summed E-state index contributed by atoms with van der Waals surface area (Å²) < 4.78 is 46.2. The number of H-pyrrole nitrogens is 1. The van der Waals surface area contributed by atoms with E-state index in [0.717, 1.165) is 16.4 Å². The average molecular weight is 420 g/mol. The van der Waals surface area contributed by atoms with Crippen LogP contribution in [0.2, 0.25) is 0 Å². The fourth-order valence-electron chi connectivity index (χ4n) is 2.98. The first-order valence-corrected chi connectivity index (χ1v) is 10.4. The minimum Gasteiger partial charge on any atom is -0.494 e. The molecule has 7 nitrogen and oxygen atoms in total. The van der Waals surface area contributed by atoms with E-state index in [2.05, 4.69) is 4.98 Å². The van der Waals surface area contributed by atoms with Crippen molar-refractivity contribution in [3.05, 3.63) is 70.3 Å². The summed E-state index contributed by atoms with van der Waals surface area (Å²) in [5, 5.41) is 9.99. The highest BCUT2D eigenvalue weighted by Gasteiger charge is 2.27. The monoisotopic (exact) mass is 420 g/mol. The lowest BCUT2D eigenvalue weighted by Crippen LogP contribution is -2.35. The quantitative estimate of drug-likeness (QED) is 0.582. The Morgan fingerprint density at radius 3 is 2.62 bits per heavy atom. The number of benzene rings is 2. The zero-order valence-corrected chi connectivity index (χ0v) is 16.6. The van der Waals surface area contributed by atoms with E-state index in [1.165, 1.54) is 12.1 Å². The molecule has 0 aliphatic heterocycles. The standard InChI is InChI=1S/C20H21FN2O5S/c1-2-28-16-7-8-18-14(12-16)11-15(20(25)22-18)13-23(9-10-24)29(26,27)19-6-4-3-5-17(19)21/h3-8,11-12,24H,2,9-10,13H2,1H3,(H,22,25). The third kappa shape index (κ3) is 4.47. The molecular weight excluding hydrogens is 399 g/mol. The number of rotatable bonds is 8. The van der Waals surface area contributed by atoms with E-state index >= 15 is 0 Å². The highest BCUT2D eigenvalue weighted by Crippen LogP contribution is 2.22. The number of aliphatic hydroxyl groups is 1. The van der Waals surface area contributed by atoms with Crippen LogP contribution in [-0.4, -0.2) is 42.6 Å². The van der Waals surface area contributed by atoms with Crippen molar-refractivity contribution in [2.24, 2.45) is 0 Å². The van der Waals surface area contributed by atoms with Gasteiger partial charge in [-0.05, 0) is 43.3 Å². The number of aliphatic hydroxyl groups excluding tert-OH is 1. The van der Waals surface area contributed by atoms with Crippen molar-refractivity contribution >= 4 is 20.9 Å². The molecular formula is C20H21FN2O5S. The normalized spacial score (nSPS) is 11.9. The lowest BCUT2D eigenvalue weighted by molar-refractivity contribution is 0.250. The van der Waals surface area contributed by atoms with E-state index in [1.54, 1.807) is 24.3 Å². The van der Waals surface area contributed by atoms with Gasteiger partial charge in [0.15, 0.2) is 0 Å². The van der Waals surface area contributed by atoms with Crippen molar-refractivity contribution < 1.29 is 22.7 Å². The zero-order valence-electron chi connectivity index (χ0n) is 15.8. The minimum absolute atomic E-state index is 0.166. The van der Waals surface area contributed by atoms with Gasteiger partial charge < -0.3 is 14.8 Å². The molecule has 0 aliphatic rings. The molecule has 0 aliphatic carbocycles. The summed E-state index contributed by atoms with van der Waals surface area (Å²) >= 11 is 0. The summed E-state index contributed by atoms with van der Waals surface area (Å²) in [7, 11) is -4.26. The number of aromatic nitrogens is 1. The first-order chi connectivity index (χ1) is 13.9. The molecule has 1 aromatic heterocycles. The van der Waals surface area contributed by atoms with E-state index in [0.29, 0.717) is 23.3 Å². The Balaban J connectivity index is 2.02. The Morgan fingerprint density at radius 1 is 1.17 bits per heavy atom. The van der Waals surface area contributed by atoms with Crippen molar-refractivity contribution in [1.82, 2.24) is 9.29 Å². The topological polar surface area (TPSA) is 99.7 Å². The van der Waals surface area contributed by atoms with Crippen molar-refractivity contribution in [2.75, 3.05) is 19.8 Å². The predicted octanol–water partition coefficient (Wildman–Crippen LogP) is 2.25.